The number of hydrogen-bond donors (Lipinski definition) is 0. The van der Waals surface area contributed by atoms with Crippen molar-refractivity contribution >= 4 is 11.6 Å². The number of rotatable bonds is 4. The van der Waals surface area contributed by atoms with Crippen LogP contribution < -0.4 is 4.74 Å². The van der Waals surface area contributed by atoms with Gasteiger partial charge in [0, 0.05) is 30.4 Å². The van der Waals surface area contributed by atoms with Crippen molar-refractivity contribution in [3.05, 3.63) is 29.3 Å². The summed E-state index contributed by atoms with van der Waals surface area (Å²) in [6.07, 6.45) is 1.82. The molecule has 1 aromatic rings. The highest BCUT2D eigenvalue weighted by atomic mass is 35.5. The zero-order valence-electron chi connectivity index (χ0n) is 11.2. The summed E-state index contributed by atoms with van der Waals surface area (Å²) in [4.78, 5) is 0. The largest absolute Gasteiger partial charge is 0.493 e. The predicted molar refractivity (Wildman–Crippen MR) is 77.8 cm³/mol. The minimum absolute atomic E-state index is 0.531. The molecule has 1 atom stereocenters. The molecule has 0 aromatic heterocycles. The monoisotopic (exact) mass is 278 g/mol. The van der Waals surface area contributed by atoms with Crippen LogP contribution in [-0.2, 0) is 4.74 Å². The Balaban J connectivity index is 1.92. The normalized spacial score (nSPS) is 17.9. The van der Waals surface area contributed by atoms with E-state index in [1.165, 1.54) is 0 Å². The first-order valence-electron chi connectivity index (χ1n) is 6.65. The Morgan fingerprint density at radius 2 is 2.37 bits per heavy atom. The molecule has 1 aliphatic heterocycles. The van der Waals surface area contributed by atoms with Gasteiger partial charge in [-0.15, -0.1) is 11.6 Å². The first-order valence-corrected chi connectivity index (χ1v) is 7.19. The molecule has 1 aromatic carbocycles. The molecule has 0 saturated carbocycles. The fourth-order valence-electron chi connectivity index (χ4n) is 2.00. The zero-order valence-corrected chi connectivity index (χ0v) is 12.0. The van der Waals surface area contributed by atoms with Gasteiger partial charge in [0.2, 0.25) is 0 Å². The molecule has 3 heteroatoms. The molecule has 1 aliphatic rings. The standard InChI is InChI=1S/C16H19ClO2/c1-13-10-16(19-12-14-7-9-18-11-14)6-5-15(13)4-2-3-8-17/h5-6,10,14H,3,7-9,11-12H2,1H3. The van der Waals surface area contributed by atoms with Gasteiger partial charge in [0.25, 0.3) is 0 Å². The Hall–Kier alpha value is -1.17. The fraction of sp³-hybridized carbons (Fsp3) is 0.500. The van der Waals surface area contributed by atoms with E-state index in [-0.39, 0.29) is 0 Å². The van der Waals surface area contributed by atoms with Crippen molar-refractivity contribution in [1.29, 1.82) is 0 Å². The molecule has 0 spiro atoms. The van der Waals surface area contributed by atoms with Gasteiger partial charge in [0.05, 0.1) is 13.2 Å². The summed E-state index contributed by atoms with van der Waals surface area (Å²) in [5.41, 5.74) is 2.18. The number of aryl methyl sites for hydroxylation is 1. The Kier molecular flexibility index (Phi) is 5.57. The second-order valence-electron chi connectivity index (χ2n) is 4.76. The summed E-state index contributed by atoms with van der Waals surface area (Å²) >= 11 is 5.60. The van der Waals surface area contributed by atoms with Gasteiger partial charge >= 0.3 is 0 Å². The van der Waals surface area contributed by atoms with Crippen LogP contribution in [0.3, 0.4) is 0 Å². The second kappa shape index (κ2) is 7.43. The number of hydrogen-bond acceptors (Lipinski definition) is 2. The molecule has 1 unspecified atom stereocenters. The molecule has 0 aliphatic carbocycles. The maximum absolute atomic E-state index is 5.80. The van der Waals surface area contributed by atoms with Crippen molar-refractivity contribution in [2.75, 3.05) is 25.7 Å². The molecule has 0 radical (unpaired) electrons. The van der Waals surface area contributed by atoms with E-state index >= 15 is 0 Å². The Morgan fingerprint density at radius 3 is 3.05 bits per heavy atom. The van der Waals surface area contributed by atoms with Crippen molar-refractivity contribution < 1.29 is 9.47 Å². The van der Waals surface area contributed by atoms with Crippen molar-refractivity contribution in [3.63, 3.8) is 0 Å². The lowest BCUT2D eigenvalue weighted by molar-refractivity contribution is 0.167. The molecule has 1 fully saturated rings. The van der Waals surface area contributed by atoms with Crippen molar-refractivity contribution in [2.45, 2.75) is 19.8 Å². The minimum atomic E-state index is 0.531. The number of halogens is 1. The van der Waals surface area contributed by atoms with Crippen molar-refractivity contribution in [1.82, 2.24) is 0 Å². The first kappa shape index (κ1) is 14.2. The van der Waals surface area contributed by atoms with E-state index < -0.39 is 0 Å². The van der Waals surface area contributed by atoms with Gasteiger partial charge in [-0.25, -0.2) is 0 Å². The van der Waals surface area contributed by atoms with Crippen LogP contribution in [0, 0.1) is 24.7 Å². The molecule has 1 saturated heterocycles. The van der Waals surface area contributed by atoms with E-state index in [9.17, 15) is 0 Å². The molecule has 1 heterocycles. The lowest BCUT2D eigenvalue weighted by Gasteiger charge is -2.11. The van der Waals surface area contributed by atoms with Crippen LogP contribution >= 0.6 is 11.6 Å². The summed E-state index contributed by atoms with van der Waals surface area (Å²) in [6.45, 7) is 4.47. The number of ether oxygens (including phenoxy) is 2. The third-order valence-electron chi connectivity index (χ3n) is 3.15. The molecule has 2 rings (SSSR count). The van der Waals surface area contributed by atoms with Gasteiger partial charge in [0.1, 0.15) is 5.75 Å². The van der Waals surface area contributed by atoms with Gasteiger partial charge in [0.15, 0.2) is 0 Å². The van der Waals surface area contributed by atoms with E-state index in [2.05, 4.69) is 18.8 Å². The smallest absolute Gasteiger partial charge is 0.119 e. The summed E-state index contributed by atoms with van der Waals surface area (Å²) < 4.78 is 11.1. The van der Waals surface area contributed by atoms with Crippen molar-refractivity contribution in [2.24, 2.45) is 5.92 Å². The third kappa shape index (κ3) is 4.45. The van der Waals surface area contributed by atoms with Crippen LogP contribution in [0.1, 0.15) is 24.0 Å². The highest BCUT2D eigenvalue weighted by Crippen LogP contribution is 2.19. The lowest BCUT2D eigenvalue weighted by Crippen LogP contribution is -2.11. The van der Waals surface area contributed by atoms with Gasteiger partial charge in [-0.3, -0.25) is 0 Å². The Labute approximate surface area is 120 Å². The Bertz CT molecular complexity index is 467. The quantitative estimate of drug-likeness (QED) is 0.621. The van der Waals surface area contributed by atoms with Gasteiger partial charge in [-0.1, -0.05) is 11.8 Å². The first-order chi connectivity index (χ1) is 9.29. The lowest BCUT2D eigenvalue weighted by atomic mass is 10.1. The molecule has 2 nitrogen and oxygen atoms in total. The average molecular weight is 279 g/mol. The summed E-state index contributed by atoms with van der Waals surface area (Å²) in [6, 6.07) is 6.03. The van der Waals surface area contributed by atoms with Crippen LogP contribution in [0.2, 0.25) is 0 Å². The van der Waals surface area contributed by atoms with Crippen LogP contribution in [0.5, 0.6) is 5.75 Å². The summed E-state index contributed by atoms with van der Waals surface area (Å²) in [7, 11) is 0. The molecule has 19 heavy (non-hydrogen) atoms. The predicted octanol–water partition coefficient (Wildman–Crippen LogP) is 3.39. The van der Waals surface area contributed by atoms with Crippen LogP contribution in [0.15, 0.2) is 18.2 Å². The van der Waals surface area contributed by atoms with Crippen LogP contribution in [0.25, 0.3) is 0 Å². The topological polar surface area (TPSA) is 18.5 Å². The molecule has 0 bridgehead atoms. The van der Waals surface area contributed by atoms with Gasteiger partial charge < -0.3 is 9.47 Å². The maximum atomic E-state index is 5.80. The van der Waals surface area contributed by atoms with E-state index in [1.807, 2.05) is 18.2 Å². The average Bonchev–Trinajstić information content (AvgIpc) is 2.92. The highest BCUT2D eigenvalue weighted by Gasteiger charge is 2.16. The molecular weight excluding hydrogens is 260 g/mol. The maximum Gasteiger partial charge on any atom is 0.119 e. The SMILES string of the molecule is Cc1cc(OCC2CCOC2)ccc1C#CCCCl. The Morgan fingerprint density at radius 1 is 1.47 bits per heavy atom. The van der Waals surface area contributed by atoms with E-state index in [1.54, 1.807) is 0 Å². The zero-order chi connectivity index (χ0) is 13.5. The molecule has 102 valence electrons. The third-order valence-corrected chi connectivity index (χ3v) is 3.34. The highest BCUT2D eigenvalue weighted by molar-refractivity contribution is 6.18. The summed E-state index contributed by atoms with van der Waals surface area (Å²) in [5.74, 6) is 8.20. The van der Waals surface area contributed by atoms with E-state index in [4.69, 9.17) is 21.1 Å². The van der Waals surface area contributed by atoms with Crippen molar-refractivity contribution in [3.8, 4) is 17.6 Å². The molecular formula is C16H19ClO2. The molecule has 0 amide bonds. The number of benzene rings is 1. The molecule has 0 N–H and O–H groups in total. The van der Waals surface area contributed by atoms with E-state index in [0.717, 1.165) is 49.5 Å². The van der Waals surface area contributed by atoms with Gasteiger partial charge in [-0.05, 0) is 37.1 Å². The second-order valence-corrected chi connectivity index (χ2v) is 5.14. The van der Waals surface area contributed by atoms with Crippen LogP contribution in [-0.4, -0.2) is 25.7 Å². The minimum Gasteiger partial charge on any atom is -0.493 e. The summed E-state index contributed by atoms with van der Waals surface area (Å²) in [5, 5.41) is 0. The fourth-order valence-corrected chi connectivity index (χ4v) is 2.09. The van der Waals surface area contributed by atoms with E-state index in [0.29, 0.717) is 11.8 Å². The van der Waals surface area contributed by atoms with Gasteiger partial charge in [-0.2, -0.15) is 0 Å². The number of alkyl halides is 1. The van der Waals surface area contributed by atoms with Crippen LogP contribution in [0.4, 0.5) is 0 Å².